The second-order valence-corrected chi connectivity index (χ2v) is 6.68. The van der Waals surface area contributed by atoms with Crippen molar-refractivity contribution in [3.05, 3.63) is 59.2 Å². The van der Waals surface area contributed by atoms with Crippen molar-refractivity contribution in [2.24, 2.45) is 4.99 Å². The number of aryl methyl sites for hydroxylation is 1. The van der Waals surface area contributed by atoms with Gasteiger partial charge in [0.05, 0.1) is 24.5 Å². The lowest BCUT2D eigenvalue weighted by atomic mass is 10.1. The third-order valence-corrected chi connectivity index (χ3v) is 4.73. The van der Waals surface area contributed by atoms with Crippen molar-refractivity contribution in [3.8, 4) is 17.6 Å². The molecule has 0 saturated carbocycles. The molecule has 27 heavy (non-hydrogen) atoms. The van der Waals surface area contributed by atoms with Crippen molar-refractivity contribution < 1.29 is 14.3 Å². The summed E-state index contributed by atoms with van der Waals surface area (Å²) in [6.07, 6.45) is 2.68. The summed E-state index contributed by atoms with van der Waals surface area (Å²) < 4.78 is 11.5. The van der Waals surface area contributed by atoms with Crippen LogP contribution in [-0.2, 0) is 22.5 Å². The van der Waals surface area contributed by atoms with E-state index in [9.17, 15) is 10.1 Å². The Balaban J connectivity index is 1.70. The molecule has 0 fully saturated rings. The van der Waals surface area contributed by atoms with Crippen LogP contribution in [-0.4, -0.2) is 36.4 Å². The molecule has 2 aromatic carbocycles. The molecule has 4 bridgehead atoms. The predicted octanol–water partition coefficient (Wildman–Crippen LogP) is 3.05. The molecule has 0 aromatic heterocycles. The van der Waals surface area contributed by atoms with Crippen LogP contribution in [0.2, 0.25) is 0 Å². The number of nitrogens with zero attached hydrogens (tertiary/aromatic N) is 3. The number of hydrogen-bond acceptors (Lipinski definition) is 6. The van der Waals surface area contributed by atoms with Crippen LogP contribution >= 0.6 is 0 Å². The third kappa shape index (κ3) is 3.93. The fraction of sp³-hybridized carbons (Fsp3) is 0.286. The maximum absolute atomic E-state index is 12.1. The number of fused-ring (bicyclic) bond motifs is 5. The Morgan fingerprint density at radius 2 is 2.07 bits per heavy atom. The van der Waals surface area contributed by atoms with Gasteiger partial charge in [0.1, 0.15) is 24.2 Å². The van der Waals surface area contributed by atoms with Gasteiger partial charge in [-0.2, -0.15) is 5.26 Å². The van der Waals surface area contributed by atoms with Gasteiger partial charge < -0.3 is 14.4 Å². The maximum atomic E-state index is 12.1. The van der Waals surface area contributed by atoms with E-state index in [1.165, 1.54) is 0 Å². The zero-order valence-corrected chi connectivity index (χ0v) is 14.8. The number of benzene rings is 2. The Hall–Kier alpha value is -3.33. The molecule has 4 rings (SSSR count). The standard InChI is InChI=1S/C21H19N3O3/c22-10-17-6-4-16-9-20(17)27-19-3-1-2-15(8-19)5-7-21(25)26-13-18-11-23-14-24(18)12-16/h1-4,6,8-9,14,18H,5,7,11-13H2. The van der Waals surface area contributed by atoms with Gasteiger partial charge in [0.2, 0.25) is 0 Å². The van der Waals surface area contributed by atoms with E-state index in [4.69, 9.17) is 9.47 Å². The summed E-state index contributed by atoms with van der Waals surface area (Å²) in [5.41, 5.74) is 2.47. The number of ether oxygens (including phenoxy) is 2. The summed E-state index contributed by atoms with van der Waals surface area (Å²) in [4.78, 5) is 18.5. The van der Waals surface area contributed by atoms with Gasteiger partial charge >= 0.3 is 5.97 Å². The fourth-order valence-corrected chi connectivity index (χ4v) is 3.24. The van der Waals surface area contributed by atoms with E-state index >= 15 is 0 Å². The average Bonchev–Trinajstić information content (AvgIpc) is 3.11. The van der Waals surface area contributed by atoms with Crippen molar-refractivity contribution in [2.45, 2.75) is 25.4 Å². The maximum Gasteiger partial charge on any atom is 0.306 e. The molecule has 2 aliphatic heterocycles. The second kappa shape index (κ2) is 7.50. The molecule has 0 radical (unpaired) electrons. The zero-order valence-electron chi connectivity index (χ0n) is 14.8. The number of aliphatic imine (C=N–C) groups is 1. The number of hydrogen-bond donors (Lipinski definition) is 0. The van der Waals surface area contributed by atoms with Gasteiger partial charge in [-0.25, -0.2) is 0 Å². The Morgan fingerprint density at radius 1 is 1.15 bits per heavy atom. The highest BCUT2D eigenvalue weighted by atomic mass is 16.5. The highest BCUT2D eigenvalue weighted by Crippen LogP contribution is 2.28. The van der Waals surface area contributed by atoms with Crippen LogP contribution in [0.25, 0.3) is 0 Å². The molecule has 0 N–H and O–H groups in total. The zero-order chi connectivity index (χ0) is 18.6. The van der Waals surface area contributed by atoms with E-state index in [0.29, 0.717) is 49.6 Å². The summed E-state index contributed by atoms with van der Waals surface area (Å²) in [6, 6.07) is 15.4. The summed E-state index contributed by atoms with van der Waals surface area (Å²) >= 11 is 0. The minimum absolute atomic E-state index is 0.0279. The molecule has 136 valence electrons. The van der Waals surface area contributed by atoms with Crippen molar-refractivity contribution in [3.63, 3.8) is 0 Å². The molecule has 1 atom stereocenters. The van der Waals surface area contributed by atoms with E-state index in [-0.39, 0.29) is 12.0 Å². The largest absolute Gasteiger partial charge is 0.463 e. The molecule has 2 heterocycles. The Kier molecular flexibility index (Phi) is 4.75. The van der Waals surface area contributed by atoms with Gasteiger partial charge in [-0.15, -0.1) is 0 Å². The summed E-state index contributed by atoms with van der Waals surface area (Å²) in [6.45, 7) is 1.53. The molecule has 0 saturated heterocycles. The number of rotatable bonds is 0. The monoisotopic (exact) mass is 361 g/mol. The van der Waals surface area contributed by atoms with E-state index < -0.39 is 0 Å². The minimum atomic E-state index is -0.213. The Morgan fingerprint density at radius 3 is 2.96 bits per heavy atom. The normalized spacial score (nSPS) is 19.1. The first kappa shape index (κ1) is 17.1. The highest BCUT2D eigenvalue weighted by Gasteiger charge is 2.23. The van der Waals surface area contributed by atoms with Crippen molar-refractivity contribution in [1.29, 1.82) is 5.26 Å². The quantitative estimate of drug-likeness (QED) is 0.674. The minimum Gasteiger partial charge on any atom is -0.463 e. The number of nitriles is 1. The van der Waals surface area contributed by atoms with Gasteiger partial charge in [-0.05, 0) is 41.8 Å². The van der Waals surface area contributed by atoms with Crippen LogP contribution < -0.4 is 4.74 Å². The number of carbonyl (C=O) groups is 1. The van der Waals surface area contributed by atoms with Gasteiger partial charge in [-0.3, -0.25) is 9.79 Å². The highest BCUT2D eigenvalue weighted by molar-refractivity contribution is 5.70. The molecule has 0 spiro atoms. The second-order valence-electron chi connectivity index (χ2n) is 6.68. The van der Waals surface area contributed by atoms with Gasteiger partial charge in [-0.1, -0.05) is 18.2 Å². The topological polar surface area (TPSA) is 74.9 Å². The molecule has 0 aliphatic carbocycles. The lowest BCUT2D eigenvalue weighted by Gasteiger charge is -2.24. The molecule has 6 nitrogen and oxygen atoms in total. The van der Waals surface area contributed by atoms with Gasteiger partial charge in [0, 0.05) is 13.0 Å². The third-order valence-electron chi connectivity index (χ3n) is 4.73. The lowest BCUT2D eigenvalue weighted by Crippen LogP contribution is -2.35. The molecule has 0 amide bonds. The Bertz CT molecular complexity index is 933. The summed E-state index contributed by atoms with van der Waals surface area (Å²) in [7, 11) is 0. The van der Waals surface area contributed by atoms with Gasteiger partial charge in [0.15, 0.2) is 0 Å². The van der Waals surface area contributed by atoms with Gasteiger partial charge in [0.25, 0.3) is 0 Å². The van der Waals surface area contributed by atoms with Crippen LogP contribution in [0.1, 0.15) is 23.1 Å². The first-order valence-electron chi connectivity index (χ1n) is 8.92. The van der Waals surface area contributed by atoms with Crippen molar-refractivity contribution in [2.75, 3.05) is 13.2 Å². The van der Waals surface area contributed by atoms with E-state index in [1.807, 2.05) is 36.4 Å². The van der Waals surface area contributed by atoms with Crippen LogP contribution in [0.5, 0.6) is 11.5 Å². The van der Waals surface area contributed by atoms with E-state index in [0.717, 1.165) is 11.1 Å². The van der Waals surface area contributed by atoms with Crippen LogP contribution in [0.15, 0.2) is 47.5 Å². The first-order valence-corrected chi connectivity index (χ1v) is 8.92. The molecule has 2 aliphatic rings. The molecule has 1 unspecified atom stereocenters. The summed E-state index contributed by atoms with van der Waals surface area (Å²) in [5, 5.41) is 9.41. The first-order chi connectivity index (χ1) is 13.2. The lowest BCUT2D eigenvalue weighted by molar-refractivity contribution is -0.144. The molecular weight excluding hydrogens is 342 g/mol. The van der Waals surface area contributed by atoms with E-state index in [1.54, 1.807) is 12.4 Å². The predicted molar refractivity (Wildman–Crippen MR) is 99.6 cm³/mol. The van der Waals surface area contributed by atoms with Crippen LogP contribution in [0.4, 0.5) is 0 Å². The average molecular weight is 361 g/mol. The SMILES string of the molecule is N#Cc1ccc2cc1Oc1cccc(c1)CCC(=O)OCC1CN=CN1C2. The Labute approximate surface area is 157 Å². The van der Waals surface area contributed by atoms with Crippen molar-refractivity contribution in [1.82, 2.24) is 4.90 Å². The number of carbonyl (C=O) groups excluding carboxylic acids is 1. The molecule has 6 heteroatoms. The number of esters is 1. The fourth-order valence-electron chi connectivity index (χ4n) is 3.24. The van der Waals surface area contributed by atoms with Crippen LogP contribution in [0, 0.1) is 11.3 Å². The van der Waals surface area contributed by atoms with Crippen molar-refractivity contribution >= 4 is 12.3 Å². The van der Waals surface area contributed by atoms with Crippen LogP contribution in [0.3, 0.4) is 0 Å². The summed E-state index contributed by atoms with van der Waals surface area (Å²) in [5.74, 6) is 0.961. The molecular formula is C21H19N3O3. The smallest absolute Gasteiger partial charge is 0.306 e. The molecule has 2 aromatic rings. The number of cyclic esters (lactones) is 1. The van der Waals surface area contributed by atoms with E-state index in [2.05, 4.69) is 16.0 Å².